The van der Waals surface area contributed by atoms with Crippen molar-refractivity contribution in [2.45, 2.75) is 26.7 Å². The molecule has 2 aromatic carbocycles. The average molecular weight is 384 g/mol. The fourth-order valence-electron chi connectivity index (χ4n) is 2.90. The lowest BCUT2D eigenvalue weighted by molar-refractivity contribution is -0.121. The Labute approximate surface area is 166 Å². The van der Waals surface area contributed by atoms with E-state index in [1.165, 1.54) is 6.92 Å². The molecule has 2 aromatic rings. The molecule has 0 aromatic heterocycles. The van der Waals surface area contributed by atoms with Crippen LogP contribution in [-0.4, -0.2) is 39.1 Å². The highest BCUT2D eigenvalue weighted by Crippen LogP contribution is 2.29. The molecule has 0 aliphatic rings. The number of methoxy groups -OCH3 is 2. The Balaban J connectivity index is 1.88. The number of carbonyl (C=O) groups is 2. The van der Waals surface area contributed by atoms with Crippen molar-refractivity contribution in [3.8, 4) is 11.5 Å². The van der Waals surface area contributed by atoms with Crippen LogP contribution < -0.4 is 19.7 Å². The number of nitrogens with zero attached hydrogens (tertiary/aromatic N) is 1. The summed E-state index contributed by atoms with van der Waals surface area (Å²) in [6, 6.07) is 13.4. The summed E-state index contributed by atoms with van der Waals surface area (Å²) in [7, 11) is 3.20. The van der Waals surface area contributed by atoms with E-state index in [4.69, 9.17) is 9.47 Å². The van der Waals surface area contributed by atoms with E-state index in [1.807, 2.05) is 49.4 Å². The van der Waals surface area contributed by atoms with Gasteiger partial charge < -0.3 is 19.7 Å². The lowest BCUT2D eigenvalue weighted by atomic mass is 10.1. The molecule has 150 valence electrons. The number of amides is 2. The second-order valence-corrected chi connectivity index (χ2v) is 6.54. The number of nitrogens with one attached hydrogen (secondary N) is 1. The maximum Gasteiger partial charge on any atom is 0.223 e. The van der Waals surface area contributed by atoms with Gasteiger partial charge >= 0.3 is 0 Å². The molecule has 0 saturated carbocycles. The lowest BCUT2D eigenvalue weighted by Crippen LogP contribution is -2.34. The summed E-state index contributed by atoms with van der Waals surface area (Å²) in [5, 5.41) is 2.91. The highest BCUT2D eigenvalue weighted by molar-refractivity contribution is 5.94. The van der Waals surface area contributed by atoms with Crippen LogP contribution in [0.3, 0.4) is 0 Å². The van der Waals surface area contributed by atoms with Crippen LogP contribution in [0.4, 0.5) is 5.69 Å². The number of anilines is 1. The molecular weight excluding hydrogens is 356 g/mol. The standard InChI is InChI=1S/C22H28N2O4/c1-16-5-10-21(28-4)20(15-16)24(17(2)25)14-12-22(26)23-13-11-18-6-8-19(27-3)9-7-18/h5-10,15H,11-14H2,1-4H3,(H,23,26). The highest BCUT2D eigenvalue weighted by atomic mass is 16.5. The van der Waals surface area contributed by atoms with E-state index in [-0.39, 0.29) is 18.2 Å². The van der Waals surface area contributed by atoms with Crippen molar-refractivity contribution < 1.29 is 19.1 Å². The Morgan fingerprint density at radius 3 is 2.36 bits per heavy atom. The smallest absolute Gasteiger partial charge is 0.223 e. The quantitative estimate of drug-likeness (QED) is 0.721. The number of aryl methyl sites for hydroxylation is 1. The van der Waals surface area contributed by atoms with Gasteiger partial charge in [-0.25, -0.2) is 0 Å². The van der Waals surface area contributed by atoms with Crippen LogP contribution in [0.15, 0.2) is 42.5 Å². The van der Waals surface area contributed by atoms with Crippen molar-refractivity contribution in [3.63, 3.8) is 0 Å². The summed E-state index contributed by atoms with van der Waals surface area (Å²) in [6.07, 6.45) is 0.956. The second kappa shape index (κ2) is 10.3. The molecule has 0 bridgehead atoms. The first-order chi connectivity index (χ1) is 13.4. The number of hydrogen-bond donors (Lipinski definition) is 1. The van der Waals surface area contributed by atoms with Gasteiger partial charge in [-0.3, -0.25) is 9.59 Å². The van der Waals surface area contributed by atoms with Crippen LogP contribution in [0.2, 0.25) is 0 Å². The molecule has 0 heterocycles. The van der Waals surface area contributed by atoms with Crippen molar-refractivity contribution in [1.29, 1.82) is 0 Å². The molecule has 0 unspecified atom stereocenters. The molecule has 0 radical (unpaired) electrons. The zero-order valence-electron chi connectivity index (χ0n) is 17.0. The van der Waals surface area contributed by atoms with Gasteiger partial charge in [-0.2, -0.15) is 0 Å². The summed E-state index contributed by atoms with van der Waals surface area (Å²) >= 11 is 0. The van der Waals surface area contributed by atoms with E-state index in [2.05, 4.69) is 5.32 Å². The minimum atomic E-state index is -0.130. The second-order valence-electron chi connectivity index (χ2n) is 6.54. The van der Waals surface area contributed by atoms with Crippen LogP contribution >= 0.6 is 0 Å². The van der Waals surface area contributed by atoms with Gasteiger partial charge in [0.25, 0.3) is 0 Å². The maximum absolute atomic E-state index is 12.2. The van der Waals surface area contributed by atoms with Gasteiger partial charge in [-0.05, 0) is 48.7 Å². The number of ether oxygens (including phenoxy) is 2. The Morgan fingerprint density at radius 1 is 1.04 bits per heavy atom. The largest absolute Gasteiger partial charge is 0.497 e. The topological polar surface area (TPSA) is 67.9 Å². The first-order valence-electron chi connectivity index (χ1n) is 9.27. The number of carbonyl (C=O) groups excluding carboxylic acids is 2. The summed E-state index contributed by atoms with van der Waals surface area (Å²) < 4.78 is 10.5. The molecule has 0 atom stereocenters. The Bertz CT molecular complexity index is 803. The fraction of sp³-hybridized carbons (Fsp3) is 0.364. The molecule has 1 N–H and O–H groups in total. The zero-order valence-corrected chi connectivity index (χ0v) is 17.0. The summed E-state index contributed by atoms with van der Waals surface area (Å²) in [6.45, 7) is 4.28. The molecule has 2 amide bonds. The highest BCUT2D eigenvalue weighted by Gasteiger charge is 2.17. The first kappa shape index (κ1) is 21.3. The van der Waals surface area contributed by atoms with Gasteiger partial charge in [-0.15, -0.1) is 0 Å². The van der Waals surface area contributed by atoms with E-state index >= 15 is 0 Å². The van der Waals surface area contributed by atoms with Gasteiger partial charge in [0.05, 0.1) is 19.9 Å². The third kappa shape index (κ3) is 6.01. The normalized spacial score (nSPS) is 10.3. The minimum Gasteiger partial charge on any atom is -0.497 e. The summed E-state index contributed by atoms with van der Waals surface area (Å²) in [5.41, 5.74) is 2.82. The summed E-state index contributed by atoms with van der Waals surface area (Å²) in [5.74, 6) is 1.20. The van der Waals surface area contributed by atoms with Gasteiger partial charge in [0, 0.05) is 26.4 Å². The minimum absolute atomic E-state index is 0.0913. The predicted octanol–water partition coefficient (Wildman–Crippen LogP) is 3.11. The molecule has 0 aliphatic carbocycles. The van der Waals surface area contributed by atoms with Crippen LogP contribution in [-0.2, 0) is 16.0 Å². The van der Waals surface area contributed by atoms with E-state index in [0.717, 1.165) is 23.3 Å². The third-order valence-electron chi connectivity index (χ3n) is 4.46. The Kier molecular flexibility index (Phi) is 7.87. The molecule has 6 heteroatoms. The van der Waals surface area contributed by atoms with Crippen molar-refractivity contribution in [1.82, 2.24) is 5.32 Å². The SMILES string of the molecule is COc1ccc(CCNC(=O)CCN(C(C)=O)c2cc(C)ccc2OC)cc1. The van der Waals surface area contributed by atoms with Crippen molar-refractivity contribution in [3.05, 3.63) is 53.6 Å². The van der Waals surface area contributed by atoms with Crippen LogP contribution in [0, 0.1) is 6.92 Å². The molecule has 0 aliphatic heterocycles. The predicted molar refractivity (Wildman–Crippen MR) is 110 cm³/mol. The fourth-order valence-corrected chi connectivity index (χ4v) is 2.90. The molecule has 28 heavy (non-hydrogen) atoms. The maximum atomic E-state index is 12.2. The van der Waals surface area contributed by atoms with Crippen molar-refractivity contribution in [2.75, 3.05) is 32.2 Å². The van der Waals surface area contributed by atoms with Gasteiger partial charge in [0.15, 0.2) is 0 Å². The Morgan fingerprint density at radius 2 is 1.75 bits per heavy atom. The Hall–Kier alpha value is -3.02. The van der Waals surface area contributed by atoms with Crippen molar-refractivity contribution in [2.24, 2.45) is 0 Å². The number of rotatable bonds is 9. The molecule has 2 rings (SSSR count). The lowest BCUT2D eigenvalue weighted by Gasteiger charge is -2.23. The first-order valence-corrected chi connectivity index (χ1v) is 9.27. The van der Waals surface area contributed by atoms with E-state index in [0.29, 0.717) is 24.5 Å². The van der Waals surface area contributed by atoms with Crippen LogP contribution in [0.5, 0.6) is 11.5 Å². The van der Waals surface area contributed by atoms with Gasteiger partial charge in [0.1, 0.15) is 11.5 Å². The molecule has 6 nitrogen and oxygen atoms in total. The van der Waals surface area contributed by atoms with E-state index in [9.17, 15) is 9.59 Å². The van der Waals surface area contributed by atoms with Crippen LogP contribution in [0.1, 0.15) is 24.5 Å². The molecule has 0 spiro atoms. The third-order valence-corrected chi connectivity index (χ3v) is 4.46. The van der Waals surface area contributed by atoms with Gasteiger partial charge in [-0.1, -0.05) is 18.2 Å². The summed E-state index contributed by atoms with van der Waals surface area (Å²) in [4.78, 5) is 25.9. The number of hydrogen-bond acceptors (Lipinski definition) is 4. The molecule has 0 saturated heterocycles. The monoisotopic (exact) mass is 384 g/mol. The molecule has 0 fully saturated rings. The van der Waals surface area contributed by atoms with Crippen molar-refractivity contribution >= 4 is 17.5 Å². The zero-order chi connectivity index (χ0) is 20.5. The number of benzene rings is 2. The van der Waals surface area contributed by atoms with Gasteiger partial charge in [0.2, 0.25) is 11.8 Å². The average Bonchev–Trinajstić information content (AvgIpc) is 2.68. The van der Waals surface area contributed by atoms with E-state index < -0.39 is 0 Å². The van der Waals surface area contributed by atoms with E-state index in [1.54, 1.807) is 19.1 Å². The van der Waals surface area contributed by atoms with Crippen LogP contribution in [0.25, 0.3) is 0 Å². The molecular formula is C22H28N2O4.